The highest BCUT2D eigenvalue weighted by Crippen LogP contribution is 2.13. The Morgan fingerprint density at radius 3 is 2.57 bits per heavy atom. The fourth-order valence-electron chi connectivity index (χ4n) is 2.20. The zero-order valence-corrected chi connectivity index (χ0v) is 16.3. The maximum Gasteiger partial charge on any atom is 0.238 e. The number of halogens is 2. The van der Waals surface area contributed by atoms with Crippen molar-refractivity contribution in [1.82, 2.24) is 15.5 Å². The Labute approximate surface area is 156 Å². The number of nitrogens with one attached hydrogen (secondary N) is 2. The number of hydrogen-bond donors (Lipinski definition) is 2. The second-order valence-electron chi connectivity index (χ2n) is 5.77. The van der Waals surface area contributed by atoms with E-state index in [0.29, 0.717) is 12.6 Å². The van der Waals surface area contributed by atoms with E-state index >= 15 is 0 Å². The normalized spacial score (nSPS) is 16.8. The molecule has 1 saturated heterocycles. The van der Waals surface area contributed by atoms with Crippen molar-refractivity contribution in [1.29, 1.82) is 0 Å². The van der Waals surface area contributed by atoms with Gasteiger partial charge in [-0.2, -0.15) is 0 Å². The molecular formula is C16H27Cl2N3OS. The lowest BCUT2D eigenvalue weighted by atomic mass is 10.1. The van der Waals surface area contributed by atoms with E-state index in [4.69, 9.17) is 0 Å². The highest BCUT2D eigenvalue weighted by Gasteiger charge is 2.22. The highest BCUT2D eigenvalue weighted by atomic mass is 35.5. The van der Waals surface area contributed by atoms with Crippen molar-refractivity contribution in [2.24, 2.45) is 0 Å². The third-order valence-corrected chi connectivity index (χ3v) is 4.85. The molecule has 0 bridgehead atoms. The summed E-state index contributed by atoms with van der Waals surface area (Å²) in [6.07, 6.45) is 0. The molecule has 1 atom stereocenters. The summed E-state index contributed by atoms with van der Waals surface area (Å²) < 4.78 is 0. The summed E-state index contributed by atoms with van der Waals surface area (Å²) in [6, 6.07) is 8.80. The van der Waals surface area contributed by atoms with E-state index in [0.717, 1.165) is 18.2 Å². The first kappa shape index (κ1) is 22.5. The van der Waals surface area contributed by atoms with Gasteiger partial charge in [0.15, 0.2) is 0 Å². The van der Waals surface area contributed by atoms with E-state index in [-0.39, 0.29) is 36.8 Å². The predicted octanol–water partition coefficient (Wildman–Crippen LogP) is 2.65. The zero-order chi connectivity index (χ0) is 15.2. The Kier molecular flexibility index (Phi) is 10.9. The molecule has 0 aliphatic carbocycles. The van der Waals surface area contributed by atoms with Crippen molar-refractivity contribution >= 4 is 42.5 Å². The number of hydrogen-bond acceptors (Lipinski definition) is 4. The fourth-order valence-corrected chi connectivity index (χ4v) is 3.15. The van der Waals surface area contributed by atoms with E-state index in [9.17, 15) is 4.79 Å². The smallest absolute Gasteiger partial charge is 0.238 e. The summed E-state index contributed by atoms with van der Waals surface area (Å²) in [4.78, 5) is 14.4. The van der Waals surface area contributed by atoms with Crippen molar-refractivity contribution in [3.05, 3.63) is 35.4 Å². The molecule has 0 saturated carbocycles. The Hall–Kier alpha value is -0.460. The van der Waals surface area contributed by atoms with Gasteiger partial charge in [-0.3, -0.25) is 15.0 Å². The van der Waals surface area contributed by atoms with Crippen LogP contribution in [0.4, 0.5) is 0 Å². The maximum absolute atomic E-state index is 12.1. The third-order valence-electron chi connectivity index (χ3n) is 3.91. The summed E-state index contributed by atoms with van der Waals surface area (Å²) >= 11 is 1.77. The molecule has 0 spiro atoms. The SMILES string of the molecule is CC(C)N(C)Cc1ccccc1CNC(=O)C1CSCN1.Cl.Cl. The number of rotatable bonds is 6. The Bertz CT molecular complexity index is 482. The molecule has 1 unspecified atom stereocenters. The first-order chi connectivity index (χ1) is 10.1. The van der Waals surface area contributed by atoms with Crippen molar-refractivity contribution in [3.8, 4) is 0 Å². The van der Waals surface area contributed by atoms with E-state index in [1.54, 1.807) is 11.8 Å². The van der Waals surface area contributed by atoms with E-state index < -0.39 is 0 Å². The predicted molar refractivity (Wildman–Crippen MR) is 104 cm³/mol. The standard InChI is InChI=1S/C16H25N3OS.2ClH/c1-12(2)19(3)9-14-7-5-4-6-13(14)8-17-16(20)15-10-21-11-18-15;;/h4-7,12,15,18H,8-11H2,1-3H3,(H,17,20);2*1H. The van der Waals surface area contributed by atoms with Gasteiger partial charge in [0, 0.05) is 30.8 Å². The molecule has 1 fully saturated rings. The van der Waals surface area contributed by atoms with Crippen LogP contribution in [-0.4, -0.2) is 41.6 Å². The molecule has 1 amide bonds. The van der Waals surface area contributed by atoms with Gasteiger partial charge in [-0.1, -0.05) is 24.3 Å². The third kappa shape index (κ3) is 6.89. The molecule has 23 heavy (non-hydrogen) atoms. The molecule has 1 aliphatic rings. The number of nitrogens with zero attached hydrogens (tertiary/aromatic N) is 1. The lowest BCUT2D eigenvalue weighted by molar-refractivity contribution is -0.122. The molecular weight excluding hydrogens is 353 g/mol. The average Bonchev–Trinajstić information content (AvgIpc) is 3.00. The van der Waals surface area contributed by atoms with Crippen molar-refractivity contribution in [2.75, 3.05) is 18.7 Å². The van der Waals surface area contributed by atoms with Crippen LogP contribution in [0.3, 0.4) is 0 Å². The largest absolute Gasteiger partial charge is 0.351 e. The van der Waals surface area contributed by atoms with Crippen LogP contribution < -0.4 is 10.6 Å². The van der Waals surface area contributed by atoms with Crippen molar-refractivity contribution in [3.63, 3.8) is 0 Å². The van der Waals surface area contributed by atoms with Gasteiger partial charge in [0.25, 0.3) is 0 Å². The number of amides is 1. The van der Waals surface area contributed by atoms with Gasteiger partial charge in [0.2, 0.25) is 5.91 Å². The van der Waals surface area contributed by atoms with Crippen LogP contribution in [0.15, 0.2) is 24.3 Å². The summed E-state index contributed by atoms with van der Waals surface area (Å²) in [5.74, 6) is 1.84. The summed E-state index contributed by atoms with van der Waals surface area (Å²) in [5.41, 5.74) is 2.48. The van der Waals surface area contributed by atoms with Gasteiger partial charge in [0.1, 0.15) is 0 Å². The Morgan fingerprint density at radius 1 is 1.35 bits per heavy atom. The van der Waals surface area contributed by atoms with Gasteiger partial charge in [0.05, 0.1) is 6.04 Å². The average molecular weight is 380 g/mol. The number of benzene rings is 1. The molecule has 2 N–H and O–H groups in total. The van der Waals surface area contributed by atoms with Gasteiger partial charge in [-0.25, -0.2) is 0 Å². The molecule has 132 valence electrons. The fraction of sp³-hybridized carbons (Fsp3) is 0.562. The minimum atomic E-state index is -0.0412. The molecule has 4 nitrogen and oxygen atoms in total. The Balaban J connectivity index is 0.00000242. The lowest BCUT2D eigenvalue weighted by Gasteiger charge is -2.22. The van der Waals surface area contributed by atoms with Crippen molar-refractivity contribution < 1.29 is 4.79 Å². The number of thioether (sulfide) groups is 1. The Morgan fingerprint density at radius 2 is 2.00 bits per heavy atom. The van der Waals surface area contributed by atoms with Gasteiger partial charge in [-0.05, 0) is 32.0 Å². The summed E-state index contributed by atoms with van der Waals surface area (Å²) in [7, 11) is 2.12. The number of carbonyl (C=O) groups is 1. The molecule has 1 aromatic carbocycles. The van der Waals surface area contributed by atoms with E-state index in [1.807, 2.05) is 6.07 Å². The minimum Gasteiger partial charge on any atom is -0.351 e. The van der Waals surface area contributed by atoms with Crippen LogP contribution in [0.1, 0.15) is 25.0 Å². The lowest BCUT2D eigenvalue weighted by Crippen LogP contribution is -2.41. The highest BCUT2D eigenvalue weighted by molar-refractivity contribution is 7.99. The number of carbonyl (C=O) groups excluding carboxylic acids is 1. The molecule has 1 aromatic rings. The topological polar surface area (TPSA) is 44.4 Å². The van der Waals surface area contributed by atoms with Crippen molar-refractivity contribution in [2.45, 2.75) is 39.0 Å². The first-order valence-corrected chi connectivity index (χ1v) is 8.59. The second-order valence-corrected chi connectivity index (χ2v) is 6.80. The minimum absolute atomic E-state index is 0. The van der Waals surface area contributed by atoms with Crippen LogP contribution in [-0.2, 0) is 17.9 Å². The molecule has 0 aromatic heterocycles. The molecule has 1 aliphatic heterocycles. The van der Waals surface area contributed by atoms with E-state index in [2.05, 4.69) is 54.6 Å². The maximum atomic E-state index is 12.1. The molecule has 1 heterocycles. The van der Waals surface area contributed by atoms with Gasteiger partial charge >= 0.3 is 0 Å². The first-order valence-electron chi connectivity index (χ1n) is 7.43. The molecule has 2 rings (SSSR count). The quantitative estimate of drug-likeness (QED) is 0.797. The second kappa shape index (κ2) is 11.2. The van der Waals surface area contributed by atoms with E-state index in [1.165, 1.54) is 11.1 Å². The molecule has 0 radical (unpaired) electrons. The van der Waals surface area contributed by atoms with Crippen LogP contribution in [0, 0.1) is 0 Å². The monoisotopic (exact) mass is 379 g/mol. The van der Waals surface area contributed by atoms with Crippen LogP contribution in [0.2, 0.25) is 0 Å². The van der Waals surface area contributed by atoms with Crippen LogP contribution >= 0.6 is 36.6 Å². The molecule has 7 heteroatoms. The summed E-state index contributed by atoms with van der Waals surface area (Å²) in [6.45, 7) is 5.88. The van der Waals surface area contributed by atoms with Crippen LogP contribution in [0.25, 0.3) is 0 Å². The van der Waals surface area contributed by atoms with Gasteiger partial charge < -0.3 is 5.32 Å². The van der Waals surface area contributed by atoms with Crippen LogP contribution in [0.5, 0.6) is 0 Å². The summed E-state index contributed by atoms with van der Waals surface area (Å²) in [5, 5.41) is 6.25. The zero-order valence-electron chi connectivity index (χ0n) is 13.9. The van der Waals surface area contributed by atoms with Gasteiger partial charge in [-0.15, -0.1) is 36.6 Å².